The summed E-state index contributed by atoms with van der Waals surface area (Å²) in [4.78, 5) is 11.7. The van der Waals surface area contributed by atoms with Gasteiger partial charge in [0.2, 0.25) is 5.91 Å². The fourth-order valence-corrected chi connectivity index (χ4v) is 1.56. The summed E-state index contributed by atoms with van der Waals surface area (Å²) in [6, 6.07) is 1.73. The highest BCUT2D eigenvalue weighted by Crippen LogP contribution is 2.20. The van der Waals surface area contributed by atoms with Crippen LogP contribution in [0.2, 0.25) is 0 Å². The molecular weight excluding hydrogens is 245 g/mol. The Kier molecular flexibility index (Phi) is 5.15. The first kappa shape index (κ1) is 14.5. The van der Waals surface area contributed by atoms with Crippen LogP contribution in [0, 0.1) is 23.4 Å². The number of anilines is 1. The van der Waals surface area contributed by atoms with E-state index in [1.807, 2.05) is 6.92 Å². The molecule has 0 saturated carbocycles. The Morgan fingerprint density at radius 1 is 1.33 bits per heavy atom. The number of amides is 1. The standard InChI is InChI=1S/C12H15F3N2O/c1-2-3-7(6-16)12(18)17-9-5-4-8(13)10(14)11(9)15/h4-5,7H,2-3,6,16H2,1H3,(H,17,18). The predicted molar refractivity (Wildman–Crippen MR) is 62.4 cm³/mol. The van der Waals surface area contributed by atoms with Crippen LogP contribution >= 0.6 is 0 Å². The van der Waals surface area contributed by atoms with E-state index in [1.54, 1.807) is 0 Å². The number of hydrogen-bond donors (Lipinski definition) is 2. The van der Waals surface area contributed by atoms with Crippen LogP contribution in [0.15, 0.2) is 12.1 Å². The molecule has 6 heteroatoms. The van der Waals surface area contributed by atoms with E-state index < -0.39 is 29.3 Å². The summed E-state index contributed by atoms with van der Waals surface area (Å²) in [7, 11) is 0. The molecule has 0 aliphatic heterocycles. The summed E-state index contributed by atoms with van der Waals surface area (Å²) in [6.07, 6.45) is 1.29. The normalized spacial score (nSPS) is 12.3. The lowest BCUT2D eigenvalue weighted by atomic mass is 10.0. The molecule has 1 aromatic rings. The van der Waals surface area contributed by atoms with Crippen molar-refractivity contribution in [2.24, 2.45) is 11.7 Å². The molecule has 0 radical (unpaired) electrons. The third-order valence-corrected chi connectivity index (χ3v) is 2.59. The minimum absolute atomic E-state index is 0.116. The average molecular weight is 260 g/mol. The lowest BCUT2D eigenvalue weighted by Crippen LogP contribution is -2.29. The Labute approximate surface area is 103 Å². The molecule has 0 fully saturated rings. The summed E-state index contributed by atoms with van der Waals surface area (Å²) in [5.74, 6) is -5.27. The summed E-state index contributed by atoms with van der Waals surface area (Å²) < 4.78 is 39.0. The second kappa shape index (κ2) is 6.39. The van der Waals surface area contributed by atoms with Crippen LogP contribution in [-0.2, 0) is 4.79 Å². The van der Waals surface area contributed by atoms with Gasteiger partial charge in [0.1, 0.15) is 0 Å². The van der Waals surface area contributed by atoms with Crippen LogP contribution in [0.1, 0.15) is 19.8 Å². The van der Waals surface area contributed by atoms with Crippen LogP contribution in [0.4, 0.5) is 18.9 Å². The van der Waals surface area contributed by atoms with Gasteiger partial charge in [0, 0.05) is 6.54 Å². The van der Waals surface area contributed by atoms with Crippen molar-refractivity contribution in [3.8, 4) is 0 Å². The monoisotopic (exact) mass is 260 g/mol. The molecule has 0 aromatic heterocycles. The van der Waals surface area contributed by atoms with Gasteiger partial charge in [0.05, 0.1) is 11.6 Å². The van der Waals surface area contributed by atoms with Gasteiger partial charge in [-0.25, -0.2) is 13.2 Å². The number of benzene rings is 1. The predicted octanol–water partition coefficient (Wildman–Crippen LogP) is 2.42. The molecule has 100 valence electrons. The number of nitrogens with two attached hydrogens (primary N) is 1. The Bertz CT molecular complexity index is 438. The molecule has 0 spiro atoms. The summed E-state index contributed by atoms with van der Waals surface area (Å²) in [5.41, 5.74) is 5.04. The van der Waals surface area contributed by atoms with Crippen molar-refractivity contribution >= 4 is 11.6 Å². The van der Waals surface area contributed by atoms with Gasteiger partial charge in [-0.1, -0.05) is 13.3 Å². The van der Waals surface area contributed by atoms with E-state index in [1.165, 1.54) is 0 Å². The zero-order valence-electron chi connectivity index (χ0n) is 9.97. The maximum Gasteiger partial charge on any atom is 0.228 e. The molecule has 1 aromatic carbocycles. The maximum atomic E-state index is 13.3. The molecule has 1 unspecified atom stereocenters. The first-order valence-corrected chi connectivity index (χ1v) is 5.65. The number of hydrogen-bond acceptors (Lipinski definition) is 2. The second-order valence-electron chi connectivity index (χ2n) is 3.93. The van der Waals surface area contributed by atoms with Crippen LogP contribution in [-0.4, -0.2) is 12.5 Å². The summed E-state index contributed by atoms with van der Waals surface area (Å²) >= 11 is 0. The Hall–Kier alpha value is -1.56. The quantitative estimate of drug-likeness (QED) is 0.799. The van der Waals surface area contributed by atoms with Crippen molar-refractivity contribution < 1.29 is 18.0 Å². The smallest absolute Gasteiger partial charge is 0.228 e. The number of rotatable bonds is 5. The minimum Gasteiger partial charge on any atom is -0.330 e. The van der Waals surface area contributed by atoms with Crippen LogP contribution in [0.25, 0.3) is 0 Å². The van der Waals surface area contributed by atoms with Gasteiger partial charge < -0.3 is 11.1 Å². The Morgan fingerprint density at radius 3 is 2.56 bits per heavy atom. The highest BCUT2D eigenvalue weighted by Gasteiger charge is 2.19. The number of carbonyl (C=O) groups is 1. The molecule has 0 aliphatic rings. The molecular formula is C12H15F3N2O. The van der Waals surface area contributed by atoms with E-state index >= 15 is 0 Å². The molecule has 1 rings (SSSR count). The summed E-state index contributed by atoms with van der Waals surface area (Å²) in [5, 5.41) is 2.21. The van der Waals surface area contributed by atoms with E-state index in [9.17, 15) is 18.0 Å². The second-order valence-corrected chi connectivity index (χ2v) is 3.93. The molecule has 0 heterocycles. The molecule has 1 amide bonds. The largest absolute Gasteiger partial charge is 0.330 e. The van der Waals surface area contributed by atoms with E-state index in [0.717, 1.165) is 18.6 Å². The maximum absolute atomic E-state index is 13.3. The number of carbonyl (C=O) groups excluding carboxylic acids is 1. The lowest BCUT2D eigenvalue weighted by molar-refractivity contribution is -0.119. The van der Waals surface area contributed by atoms with Crippen molar-refractivity contribution in [1.82, 2.24) is 0 Å². The number of halogens is 3. The van der Waals surface area contributed by atoms with Crippen LogP contribution < -0.4 is 11.1 Å². The SMILES string of the molecule is CCCC(CN)C(=O)Nc1ccc(F)c(F)c1F. The molecule has 3 N–H and O–H groups in total. The molecule has 1 atom stereocenters. The average Bonchev–Trinajstić information content (AvgIpc) is 2.36. The third kappa shape index (κ3) is 3.22. The van der Waals surface area contributed by atoms with Gasteiger partial charge in [-0.3, -0.25) is 4.79 Å². The topological polar surface area (TPSA) is 55.1 Å². The minimum atomic E-state index is -1.60. The van der Waals surface area contributed by atoms with Crippen molar-refractivity contribution in [1.29, 1.82) is 0 Å². The van der Waals surface area contributed by atoms with Crippen LogP contribution in [0.3, 0.4) is 0 Å². The van der Waals surface area contributed by atoms with Gasteiger partial charge in [-0.15, -0.1) is 0 Å². The highest BCUT2D eigenvalue weighted by molar-refractivity contribution is 5.92. The van der Waals surface area contributed by atoms with E-state index in [2.05, 4.69) is 5.32 Å². The highest BCUT2D eigenvalue weighted by atomic mass is 19.2. The zero-order chi connectivity index (χ0) is 13.7. The molecule has 0 aliphatic carbocycles. The fourth-order valence-electron chi connectivity index (χ4n) is 1.56. The van der Waals surface area contributed by atoms with Gasteiger partial charge in [0.25, 0.3) is 0 Å². The van der Waals surface area contributed by atoms with Gasteiger partial charge in [-0.2, -0.15) is 0 Å². The van der Waals surface area contributed by atoms with Crippen molar-refractivity contribution in [2.45, 2.75) is 19.8 Å². The fraction of sp³-hybridized carbons (Fsp3) is 0.417. The van der Waals surface area contributed by atoms with Crippen LogP contribution in [0.5, 0.6) is 0 Å². The van der Waals surface area contributed by atoms with Crippen molar-refractivity contribution in [3.05, 3.63) is 29.6 Å². The van der Waals surface area contributed by atoms with Gasteiger partial charge >= 0.3 is 0 Å². The van der Waals surface area contributed by atoms with Crippen molar-refractivity contribution in [3.63, 3.8) is 0 Å². The number of nitrogens with one attached hydrogen (secondary N) is 1. The van der Waals surface area contributed by atoms with E-state index in [0.29, 0.717) is 6.42 Å². The Balaban J connectivity index is 2.85. The molecule has 0 bridgehead atoms. The first-order chi connectivity index (χ1) is 8.51. The van der Waals surface area contributed by atoms with E-state index in [-0.39, 0.29) is 12.2 Å². The third-order valence-electron chi connectivity index (χ3n) is 2.59. The lowest BCUT2D eigenvalue weighted by Gasteiger charge is -2.14. The zero-order valence-corrected chi connectivity index (χ0v) is 9.97. The first-order valence-electron chi connectivity index (χ1n) is 5.65. The van der Waals surface area contributed by atoms with Crippen molar-refractivity contribution in [2.75, 3.05) is 11.9 Å². The van der Waals surface area contributed by atoms with Gasteiger partial charge in [0.15, 0.2) is 17.5 Å². The molecule has 0 saturated heterocycles. The van der Waals surface area contributed by atoms with E-state index in [4.69, 9.17) is 5.73 Å². The summed E-state index contributed by atoms with van der Waals surface area (Å²) in [6.45, 7) is 2.00. The Morgan fingerprint density at radius 2 is 2.00 bits per heavy atom. The molecule has 3 nitrogen and oxygen atoms in total. The van der Waals surface area contributed by atoms with Gasteiger partial charge in [-0.05, 0) is 18.6 Å². The molecule has 18 heavy (non-hydrogen) atoms.